The van der Waals surface area contributed by atoms with Gasteiger partial charge in [-0.15, -0.1) is 13.2 Å². The van der Waals surface area contributed by atoms with Crippen LogP contribution in [0.1, 0.15) is 0 Å². The van der Waals surface area contributed by atoms with Crippen molar-refractivity contribution < 1.29 is 32.3 Å². The molecule has 0 fully saturated rings. The van der Waals surface area contributed by atoms with E-state index >= 15 is 0 Å². The Morgan fingerprint density at radius 1 is 1.13 bits per heavy atom. The molecule has 0 bridgehead atoms. The van der Waals surface area contributed by atoms with Crippen LogP contribution < -0.4 is 10.2 Å². The molecule has 3 nitrogen and oxygen atoms in total. The third-order valence-electron chi connectivity index (χ3n) is 1.48. The van der Waals surface area contributed by atoms with Crippen molar-refractivity contribution in [1.29, 1.82) is 0 Å². The molecular formula is C7H5BF4O3. The normalized spacial score (nSPS) is 11.3. The molecule has 0 aliphatic heterocycles. The molecule has 8 heteroatoms. The van der Waals surface area contributed by atoms with Crippen molar-refractivity contribution >= 4 is 12.6 Å². The van der Waals surface area contributed by atoms with Crippen LogP contribution in [-0.2, 0) is 4.86 Å². The zero-order valence-electron chi connectivity index (χ0n) is 7.16. The largest absolute Gasteiger partial charge is 0.573 e. The summed E-state index contributed by atoms with van der Waals surface area (Å²) in [5.74, 6) is -0.461. The van der Waals surface area contributed by atoms with Crippen LogP contribution in [0.3, 0.4) is 0 Å². The standard InChI is InChI=1S/C7H5BF4O3/c9-7(10,11)14-6-3-1-5(2-4-6)8(13)15-12/h1-4,13H. The molecule has 1 aromatic carbocycles. The molecular weight excluding hydrogens is 219 g/mol. The minimum Gasteiger partial charge on any atom is -0.421 e. The van der Waals surface area contributed by atoms with Gasteiger partial charge in [0.2, 0.25) is 0 Å². The average Bonchev–Trinajstić information content (AvgIpc) is 2.15. The highest BCUT2D eigenvalue weighted by molar-refractivity contribution is 6.59. The average molecular weight is 224 g/mol. The Morgan fingerprint density at radius 2 is 1.67 bits per heavy atom. The predicted molar refractivity (Wildman–Crippen MR) is 42.9 cm³/mol. The summed E-state index contributed by atoms with van der Waals surface area (Å²) in [4.78, 5) is 3.07. The van der Waals surface area contributed by atoms with Gasteiger partial charge in [0, 0.05) is 0 Å². The lowest BCUT2D eigenvalue weighted by Gasteiger charge is -2.09. The van der Waals surface area contributed by atoms with Crippen molar-refractivity contribution in [1.82, 2.24) is 0 Å². The Kier molecular flexibility index (Phi) is 3.54. The summed E-state index contributed by atoms with van der Waals surface area (Å²) >= 11 is 0. The zero-order valence-corrected chi connectivity index (χ0v) is 7.16. The summed E-state index contributed by atoms with van der Waals surface area (Å²) in [6.07, 6.45) is -4.78. The molecule has 0 spiro atoms. The molecule has 0 saturated heterocycles. The first-order valence-electron chi connectivity index (χ1n) is 3.73. The van der Waals surface area contributed by atoms with Gasteiger partial charge in [0.25, 0.3) is 0 Å². The summed E-state index contributed by atoms with van der Waals surface area (Å²) in [5.41, 5.74) is -0.0213. The minimum absolute atomic E-state index is 0.0213. The van der Waals surface area contributed by atoms with E-state index in [9.17, 15) is 17.7 Å². The van der Waals surface area contributed by atoms with Crippen LogP contribution in [0.2, 0.25) is 0 Å². The van der Waals surface area contributed by atoms with E-state index in [4.69, 9.17) is 5.02 Å². The van der Waals surface area contributed by atoms with Crippen molar-refractivity contribution in [3.05, 3.63) is 24.3 Å². The molecule has 0 aliphatic carbocycles. The number of rotatable bonds is 3. The van der Waals surface area contributed by atoms with E-state index in [2.05, 4.69) is 9.60 Å². The quantitative estimate of drug-likeness (QED) is 0.618. The second-order valence-electron chi connectivity index (χ2n) is 2.56. The number of hydrogen-bond acceptors (Lipinski definition) is 3. The number of halogens is 4. The van der Waals surface area contributed by atoms with Gasteiger partial charge in [-0.3, -0.25) is 0 Å². The molecule has 0 unspecified atom stereocenters. The highest BCUT2D eigenvalue weighted by Gasteiger charge is 2.31. The fourth-order valence-electron chi connectivity index (χ4n) is 0.886. The minimum atomic E-state index is -4.78. The molecule has 15 heavy (non-hydrogen) atoms. The highest BCUT2D eigenvalue weighted by atomic mass is 19.4. The van der Waals surface area contributed by atoms with Crippen LogP contribution in [-0.4, -0.2) is 18.5 Å². The third-order valence-corrected chi connectivity index (χ3v) is 1.48. The van der Waals surface area contributed by atoms with Crippen LogP contribution in [0.5, 0.6) is 5.75 Å². The van der Waals surface area contributed by atoms with Crippen LogP contribution in [0, 0.1) is 0 Å². The smallest absolute Gasteiger partial charge is 0.421 e. The van der Waals surface area contributed by atoms with Gasteiger partial charge in [-0.25, -0.2) is 4.86 Å². The van der Waals surface area contributed by atoms with Crippen LogP contribution in [0.15, 0.2) is 24.3 Å². The van der Waals surface area contributed by atoms with Crippen molar-refractivity contribution in [2.24, 2.45) is 0 Å². The van der Waals surface area contributed by atoms with Crippen molar-refractivity contribution in [2.75, 3.05) is 0 Å². The number of benzene rings is 1. The summed E-state index contributed by atoms with van der Waals surface area (Å²) in [7, 11) is -1.81. The van der Waals surface area contributed by atoms with E-state index in [1.54, 1.807) is 0 Å². The first-order valence-corrected chi connectivity index (χ1v) is 3.73. The monoisotopic (exact) mass is 224 g/mol. The second-order valence-corrected chi connectivity index (χ2v) is 2.56. The number of hydrogen-bond donors (Lipinski definition) is 1. The van der Waals surface area contributed by atoms with Gasteiger partial charge in [0.05, 0.1) is 0 Å². The van der Waals surface area contributed by atoms with Gasteiger partial charge >= 0.3 is 13.5 Å². The Hall–Kier alpha value is -1.28. The maximum Gasteiger partial charge on any atom is 0.573 e. The van der Waals surface area contributed by atoms with Gasteiger partial charge < -0.3 is 9.76 Å². The van der Waals surface area contributed by atoms with E-state index in [0.29, 0.717) is 0 Å². The summed E-state index contributed by atoms with van der Waals surface area (Å²) in [6, 6.07) is 3.97. The van der Waals surface area contributed by atoms with Crippen LogP contribution in [0.25, 0.3) is 0 Å². The van der Waals surface area contributed by atoms with Crippen molar-refractivity contribution in [3.8, 4) is 5.75 Å². The van der Waals surface area contributed by atoms with E-state index in [1.165, 1.54) is 0 Å². The van der Waals surface area contributed by atoms with Gasteiger partial charge in [0.1, 0.15) is 5.75 Å². The summed E-state index contributed by atoms with van der Waals surface area (Å²) in [5, 5.41) is 8.79. The topological polar surface area (TPSA) is 38.7 Å². The number of alkyl halides is 3. The first-order chi connectivity index (χ1) is 6.92. The summed E-state index contributed by atoms with van der Waals surface area (Å²) in [6.45, 7) is 0. The number of ether oxygens (including phenoxy) is 1. The first kappa shape index (κ1) is 11.8. The van der Waals surface area contributed by atoms with Gasteiger partial charge in [0.15, 0.2) is 0 Å². The molecule has 0 radical (unpaired) electrons. The predicted octanol–water partition coefficient (Wildman–Crippen LogP) is 1.17. The van der Waals surface area contributed by atoms with Crippen LogP contribution >= 0.6 is 0 Å². The summed E-state index contributed by atoms with van der Waals surface area (Å²) < 4.78 is 50.2. The second kappa shape index (κ2) is 4.50. The lowest BCUT2D eigenvalue weighted by Crippen LogP contribution is -2.30. The third kappa shape index (κ3) is 3.76. The Balaban J connectivity index is 2.72. The highest BCUT2D eigenvalue weighted by Crippen LogP contribution is 2.21. The maximum absolute atomic E-state index is 11.7. The molecule has 0 aliphatic rings. The molecule has 1 rings (SSSR count). The Bertz CT molecular complexity index is 313. The fourth-order valence-corrected chi connectivity index (χ4v) is 0.886. The zero-order chi connectivity index (χ0) is 11.5. The van der Waals surface area contributed by atoms with E-state index < -0.39 is 19.2 Å². The molecule has 0 saturated carbocycles. The van der Waals surface area contributed by atoms with Crippen molar-refractivity contribution in [2.45, 2.75) is 6.36 Å². The lowest BCUT2D eigenvalue weighted by atomic mass is 9.80. The van der Waals surface area contributed by atoms with Gasteiger partial charge in [-0.05, 0) is 17.6 Å². The maximum atomic E-state index is 11.7. The fraction of sp³-hybridized carbons (Fsp3) is 0.143. The van der Waals surface area contributed by atoms with E-state index in [1.807, 2.05) is 0 Å². The molecule has 0 amide bonds. The molecule has 82 valence electrons. The van der Waals surface area contributed by atoms with E-state index in [0.717, 1.165) is 24.3 Å². The van der Waals surface area contributed by atoms with Crippen molar-refractivity contribution in [3.63, 3.8) is 0 Å². The molecule has 0 heterocycles. The van der Waals surface area contributed by atoms with Gasteiger partial charge in [-0.1, -0.05) is 16.7 Å². The Morgan fingerprint density at radius 3 is 2.07 bits per heavy atom. The Labute approximate surface area is 82.3 Å². The van der Waals surface area contributed by atoms with Crippen LogP contribution in [0.4, 0.5) is 17.7 Å². The lowest BCUT2D eigenvalue weighted by molar-refractivity contribution is -0.274. The molecule has 0 aromatic heterocycles. The molecule has 1 N–H and O–H groups in total. The van der Waals surface area contributed by atoms with Gasteiger partial charge in [-0.2, -0.15) is 0 Å². The molecule has 0 atom stereocenters. The SMILES string of the molecule is OB(OF)c1ccc(OC(F)(F)F)cc1. The molecule has 1 aromatic rings. The van der Waals surface area contributed by atoms with E-state index in [-0.39, 0.29) is 5.46 Å².